The Morgan fingerprint density at radius 3 is 2.31 bits per heavy atom. The van der Waals surface area contributed by atoms with E-state index in [0.717, 1.165) is 30.8 Å². The number of benzene rings is 4. The van der Waals surface area contributed by atoms with E-state index >= 15 is 0 Å². The Morgan fingerprint density at radius 1 is 0.694 bits per heavy atom. The standard InChI is InChI=1S/C24H22N2.C9H7N/c1-15-13-24(26-16(2)25-15)19-9-10-21-18(14-19)8-12-22-20-6-4-3-5-17(20)7-11-23(21)22;1-2-4-9-7-10-6-5-8(9)3-1/h3-8,11-13,19H,9-10,14H2,1-2H3;1-7H. The lowest BCUT2D eigenvalue weighted by Crippen LogP contribution is -2.15. The van der Waals surface area contributed by atoms with E-state index in [2.05, 4.69) is 83.6 Å². The average molecular weight is 468 g/mol. The van der Waals surface area contributed by atoms with Crippen LogP contribution in [0, 0.1) is 13.8 Å². The molecule has 0 aliphatic heterocycles. The summed E-state index contributed by atoms with van der Waals surface area (Å²) in [5, 5.41) is 7.93. The molecule has 0 spiro atoms. The van der Waals surface area contributed by atoms with Gasteiger partial charge in [-0.05, 0) is 88.7 Å². The first-order chi connectivity index (χ1) is 17.7. The Morgan fingerprint density at radius 2 is 1.47 bits per heavy atom. The molecule has 3 nitrogen and oxygen atoms in total. The molecule has 176 valence electrons. The number of hydrogen-bond donors (Lipinski definition) is 0. The fourth-order valence-electron chi connectivity index (χ4n) is 5.60. The van der Waals surface area contributed by atoms with Crippen LogP contribution in [-0.4, -0.2) is 15.0 Å². The Kier molecular flexibility index (Phi) is 5.90. The van der Waals surface area contributed by atoms with Crippen LogP contribution in [0.3, 0.4) is 0 Å². The van der Waals surface area contributed by atoms with Crippen LogP contribution in [0.5, 0.6) is 0 Å². The average Bonchev–Trinajstić information content (AvgIpc) is 2.92. The molecule has 0 saturated carbocycles. The highest BCUT2D eigenvalue weighted by atomic mass is 14.9. The molecule has 1 atom stereocenters. The number of aromatic nitrogens is 3. The van der Waals surface area contributed by atoms with Crippen molar-refractivity contribution in [1.82, 2.24) is 15.0 Å². The summed E-state index contributed by atoms with van der Waals surface area (Å²) in [5.74, 6) is 1.39. The van der Waals surface area contributed by atoms with Crippen LogP contribution < -0.4 is 0 Å². The van der Waals surface area contributed by atoms with Crippen LogP contribution in [0.15, 0.2) is 97.3 Å². The lowest BCUT2D eigenvalue weighted by molar-refractivity contribution is 0.569. The van der Waals surface area contributed by atoms with Gasteiger partial charge in [0.2, 0.25) is 0 Å². The zero-order chi connectivity index (χ0) is 24.5. The maximum absolute atomic E-state index is 4.72. The quantitative estimate of drug-likeness (QED) is 0.231. The van der Waals surface area contributed by atoms with Gasteiger partial charge >= 0.3 is 0 Å². The predicted octanol–water partition coefficient (Wildman–Crippen LogP) is 7.91. The first kappa shape index (κ1) is 22.4. The van der Waals surface area contributed by atoms with Crippen molar-refractivity contribution in [3.05, 3.63) is 126 Å². The fraction of sp³-hybridized carbons (Fsp3) is 0.182. The van der Waals surface area contributed by atoms with Crippen molar-refractivity contribution in [3.8, 4) is 0 Å². The van der Waals surface area contributed by atoms with E-state index in [1.165, 1.54) is 49.1 Å². The summed E-state index contributed by atoms with van der Waals surface area (Å²) in [6.45, 7) is 4.06. The van der Waals surface area contributed by atoms with Gasteiger partial charge in [-0.1, -0.05) is 72.8 Å². The molecule has 0 amide bonds. The minimum atomic E-state index is 0.501. The SMILES string of the molecule is Cc1cc(C2CCc3c(ccc4c3ccc3ccccc34)C2)nc(C)n1.c1ccc2cnccc2c1. The molecule has 0 N–H and O–H groups in total. The monoisotopic (exact) mass is 467 g/mol. The summed E-state index contributed by atoms with van der Waals surface area (Å²) >= 11 is 0. The van der Waals surface area contributed by atoms with Crippen LogP contribution >= 0.6 is 0 Å². The molecule has 6 aromatic rings. The third-order valence-electron chi connectivity index (χ3n) is 7.30. The molecule has 0 saturated heterocycles. The Balaban J connectivity index is 0.000000200. The second kappa shape index (κ2) is 9.50. The zero-order valence-corrected chi connectivity index (χ0v) is 20.8. The Hall–Kier alpha value is -4.11. The first-order valence-corrected chi connectivity index (χ1v) is 12.7. The van der Waals surface area contributed by atoms with Crippen LogP contribution in [0.4, 0.5) is 0 Å². The van der Waals surface area contributed by atoms with Crippen molar-refractivity contribution in [2.75, 3.05) is 0 Å². The highest BCUT2D eigenvalue weighted by molar-refractivity contribution is 6.08. The lowest BCUT2D eigenvalue weighted by Gasteiger charge is -2.26. The summed E-state index contributed by atoms with van der Waals surface area (Å²) in [6, 6.07) is 30.3. The summed E-state index contributed by atoms with van der Waals surface area (Å²) < 4.78 is 0. The van der Waals surface area contributed by atoms with Crippen LogP contribution in [0.2, 0.25) is 0 Å². The molecule has 2 heterocycles. The fourth-order valence-corrected chi connectivity index (χ4v) is 5.60. The van der Waals surface area contributed by atoms with Crippen molar-refractivity contribution in [2.24, 2.45) is 0 Å². The molecule has 1 aliphatic carbocycles. The van der Waals surface area contributed by atoms with Crippen molar-refractivity contribution in [3.63, 3.8) is 0 Å². The van der Waals surface area contributed by atoms with Crippen molar-refractivity contribution < 1.29 is 0 Å². The van der Waals surface area contributed by atoms with Gasteiger partial charge in [0, 0.05) is 29.7 Å². The molecule has 2 aromatic heterocycles. The van der Waals surface area contributed by atoms with Crippen molar-refractivity contribution >= 4 is 32.3 Å². The highest BCUT2D eigenvalue weighted by Gasteiger charge is 2.23. The molecule has 0 radical (unpaired) electrons. The minimum absolute atomic E-state index is 0.501. The van der Waals surface area contributed by atoms with Crippen LogP contribution in [-0.2, 0) is 12.8 Å². The van der Waals surface area contributed by atoms with Gasteiger partial charge in [0.05, 0.1) is 0 Å². The van der Waals surface area contributed by atoms with Gasteiger partial charge in [-0.3, -0.25) is 4.98 Å². The van der Waals surface area contributed by atoms with Gasteiger partial charge in [-0.25, -0.2) is 9.97 Å². The topological polar surface area (TPSA) is 38.7 Å². The number of pyridine rings is 1. The summed E-state index contributed by atoms with van der Waals surface area (Å²) in [7, 11) is 0. The van der Waals surface area contributed by atoms with E-state index in [1.54, 1.807) is 0 Å². The number of rotatable bonds is 1. The van der Waals surface area contributed by atoms with E-state index in [0.29, 0.717) is 5.92 Å². The van der Waals surface area contributed by atoms with Gasteiger partial charge in [0.15, 0.2) is 0 Å². The molecule has 4 aromatic carbocycles. The maximum atomic E-state index is 4.72. The highest BCUT2D eigenvalue weighted by Crippen LogP contribution is 2.37. The number of fused-ring (bicyclic) bond motifs is 6. The molecule has 0 bridgehead atoms. The Bertz CT molecular complexity index is 1620. The third kappa shape index (κ3) is 4.33. The van der Waals surface area contributed by atoms with E-state index < -0.39 is 0 Å². The molecule has 1 aliphatic rings. The number of aryl methyl sites for hydroxylation is 3. The molecule has 3 heteroatoms. The van der Waals surface area contributed by atoms with Crippen LogP contribution in [0.25, 0.3) is 32.3 Å². The normalized spacial score (nSPS) is 14.9. The largest absolute Gasteiger partial charge is 0.264 e. The second-order valence-electron chi connectivity index (χ2n) is 9.73. The smallest absolute Gasteiger partial charge is 0.125 e. The second-order valence-corrected chi connectivity index (χ2v) is 9.73. The first-order valence-electron chi connectivity index (χ1n) is 12.7. The number of hydrogen-bond acceptors (Lipinski definition) is 3. The van der Waals surface area contributed by atoms with E-state index in [4.69, 9.17) is 4.98 Å². The van der Waals surface area contributed by atoms with Gasteiger partial charge in [0.25, 0.3) is 0 Å². The zero-order valence-electron chi connectivity index (χ0n) is 20.8. The minimum Gasteiger partial charge on any atom is -0.264 e. The lowest BCUT2D eigenvalue weighted by atomic mass is 9.79. The summed E-state index contributed by atoms with van der Waals surface area (Å²) in [5.41, 5.74) is 5.30. The van der Waals surface area contributed by atoms with E-state index in [1.807, 2.05) is 37.5 Å². The molecular formula is C33H29N3. The Labute approximate surface area is 211 Å². The molecule has 7 rings (SSSR count). The van der Waals surface area contributed by atoms with Gasteiger partial charge < -0.3 is 0 Å². The van der Waals surface area contributed by atoms with Gasteiger partial charge in [-0.15, -0.1) is 0 Å². The predicted molar refractivity (Wildman–Crippen MR) is 149 cm³/mol. The van der Waals surface area contributed by atoms with Crippen molar-refractivity contribution in [2.45, 2.75) is 39.0 Å². The molecule has 36 heavy (non-hydrogen) atoms. The molecular weight excluding hydrogens is 438 g/mol. The number of nitrogens with zero attached hydrogens (tertiary/aromatic N) is 3. The van der Waals surface area contributed by atoms with Crippen LogP contribution in [0.1, 0.15) is 40.7 Å². The van der Waals surface area contributed by atoms with Crippen molar-refractivity contribution in [1.29, 1.82) is 0 Å². The summed E-state index contributed by atoms with van der Waals surface area (Å²) in [6.07, 6.45) is 7.04. The van der Waals surface area contributed by atoms with E-state index in [-0.39, 0.29) is 0 Å². The summed E-state index contributed by atoms with van der Waals surface area (Å²) in [4.78, 5) is 13.2. The van der Waals surface area contributed by atoms with Gasteiger partial charge in [0.1, 0.15) is 5.82 Å². The van der Waals surface area contributed by atoms with E-state index in [9.17, 15) is 0 Å². The maximum Gasteiger partial charge on any atom is 0.125 e. The molecule has 0 fully saturated rings. The third-order valence-corrected chi connectivity index (χ3v) is 7.30. The molecule has 1 unspecified atom stereocenters. The van der Waals surface area contributed by atoms with Gasteiger partial charge in [-0.2, -0.15) is 0 Å².